The minimum Gasteiger partial charge on any atom is -0.396 e. The molecule has 0 saturated carbocycles. The first-order valence-electron chi connectivity index (χ1n) is 4.69. The van der Waals surface area contributed by atoms with E-state index in [1.807, 2.05) is 13.8 Å². The highest BCUT2D eigenvalue weighted by molar-refractivity contribution is 5.75. The predicted molar refractivity (Wildman–Crippen MR) is 54.7 cm³/mol. The van der Waals surface area contributed by atoms with Crippen LogP contribution in [-0.4, -0.2) is 22.2 Å². The van der Waals surface area contributed by atoms with E-state index >= 15 is 0 Å². The quantitative estimate of drug-likeness (QED) is 0.727. The van der Waals surface area contributed by atoms with Gasteiger partial charge in [-0.1, -0.05) is 6.92 Å². The van der Waals surface area contributed by atoms with Crippen molar-refractivity contribution in [3.63, 3.8) is 0 Å². The second-order valence-electron chi connectivity index (χ2n) is 3.19. The average Bonchev–Trinajstić information content (AvgIpc) is 2.46. The number of carbonyl (C=O) groups is 1. The van der Waals surface area contributed by atoms with Gasteiger partial charge in [0.05, 0.1) is 17.6 Å². The summed E-state index contributed by atoms with van der Waals surface area (Å²) in [5.74, 6) is -0.0296. The second-order valence-corrected chi connectivity index (χ2v) is 3.19. The lowest BCUT2D eigenvalue weighted by Crippen LogP contribution is -2.28. The van der Waals surface area contributed by atoms with Crippen LogP contribution in [0.15, 0.2) is 6.20 Å². The van der Waals surface area contributed by atoms with E-state index in [0.29, 0.717) is 12.2 Å². The number of nitrogens with zero attached hydrogens (tertiary/aromatic N) is 2. The van der Waals surface area contributed by atoms with Crippen LogP contribution in [0.1, 0.15) is 19.0 Å². The molecule has 1 aromatic heterocycles. The van der Waals surface area contributed by atoms with Gasteiger partial charge in [-0.25, -0.2) is 0 Å². The topological polar surface area (TPSA) is 72.9 Å². The summed E-state index contributed by atoms with van der Waals surface area (Å²) in [6.07, 6.45) is 2.49. The Labute approximate surface area is 83.3 Å². The van der Waals surface area contributed by atoms with E-state index in [1.165, 1.54) is 0 Å². The normalized spacial score (nSPS) is 10.1. The summed E-state index contributed by atoms with van der Waals surface area (Å²) in [6, 6.07) is 0. The molecule has 0 fully saturated rings. The van der Waals surface area contributed by atoms with Crippen molar-refractivity contribution < 1.29 is 4.79 Å². The van der Waals surface area contributed by atoms with Crippen molar-refractivity contribution in [2.45, 2.75) is 26.8 Å². The molecule has 0 aromatic carbocycles. The molecule has 0 radical (unpaired) electrons. The van der Waals surface area contributed by atoms with Gasteiger partial charge in [-0.3, -0.25) is 9.48 Å². The van der Waals surface area contributed by atoms with Crippen molar-refractivity contribution in [3.05, 3.63) is 11.9 Å². The van der Waals surface area contributed by atoms with Gasteiger partial charge >= 0.3 is 0 Å². The zero-order chi connectivity index (χ0) is 10.6. The Bertz CT molecular complexity index is 319. The molecule has 0 unspecified atom stereocenters. The fourth-order valence-electron chi connectivity index (χ4n) is 1.08. The molecular formula is C9H16N4O. The van der Waals surface area contributed by atoms with Crippen molar-refractivity contribution in [1.29, 1.82) is 0 Å². The molecule has 78 valence electrons. The van der Waals surface area contributed by atoms with Crippen LogP contribution in [0.5, 0.6) is 0 Å². The van der Waals surface area contributed by atoms with Crippen LogP contribution in [0, 0.1) is 6.92 Å². The lowest BCUT2D eigenvalue weighted by atomic mass is 10.4. The van der Waals surface area contributed by atoms with Crippen molar-refractivity contribution in [1.82, 2.24) is 15.1 Å². The monoisotopic (exact) mass is 196 g/mol. The Hall–Kier alpha value is -1.52. The minimum atomic E-state index is -0.0296. The Kier molecular flexibility index (Phi) is 3.50. The Morgan fingerprint density at radius 2 is 2.43 bits per heavy atom. The zero-order valence-electron chi connectivity index (χ0n) is 8.58. The van der Waals surface area contributed by atoms with E-state index in [2.05, 4.69) is 10.4 Å². The van der Waals surface area contributed by atoms with E-state index in [-0.39, 0.29) is 12.5 Å². The van der Waals surface area contributed by atoms with Crippen LogP contribution in [-0.2, 0) is 11.3 Å². The highest BCUT2D eigenvalue weighted by Crippen LogP contribution is 2.07. The van der Waals surface area contributed by atoms with Crippen molar-refractivity contribution in [2.24, 2.45) is 0 Å². The molecule has 1 rings (SSSR count). The number of aromatic nitrogens is 2. The summed E-state index contributed by atoms with van der Waals surface area (Å²) >= 11 is 0. The van der Waals surface area contributed by atoms with E-state index in [1.54, 1.807) is 10.9 Å². The highest BCUT2D eigenvalue weighted by Gasteiger charge is 2.06. The molecular weight excluding hydrogens is 180 g/mol. The molecule has 0 aliphatic heterocycles. The minimum absolute atomic E-state index is 0.0296. The van der Waals surface area contributed by atoms with Crippen LogP contribution in [0.4, 0.5) is 5.69 Å². The highest BCUT2D eigenvalue weighted by atomic mass is 16.2. The SMILES string of the molecule is CCCNC(=O)Cn1ncc(N)c1C. The van der Waals surface area contributed by atoms with E-state index in [0.717, 1.165) is 12.1 Å². The number of anilines is 1. The van der Waals surface area contributed by atoms with Gasteiger partial charge in [0.25, 0.3) is 0 Å². The third-order valence-electron chi connectivity index (χ3n) is 2.01. The van der Waals surface area contributed by atoms with E-state index in [4.69, 9.17) is 5.73 Å². The number of hydrogen-bond acceptors (Lipinski definition) is 3. The van der Waals surface area contributed by atoms with Gasteiger partial charge in [0.15, 0.2) is 0 Å². The molecule has 14 heavy (non-hydrogen) atoms. The van der Waals surface area contributed by atoms with E-state index < -0.39 is 0 Å². The number of nitrogens with one attached hydrogen (secondary N) is 1. The first-order valence-corrected chi connectivity index (χ1v) is 4.69. The summed E-state index contributed by atoms with van der Waals surface area (Å²) in [7, 11) is 0. The van der Waals surface area contributed by atoms with Crippen LogP contribution in [0.25, 0.3) is 0 Å². The van der Waals surface area contributed by atoms with Gasteiger partial charge in [0.1, 0.15) is 6.54 Å². The van der Waals surface area contributed by atoms with Gasteiger partial charge in [0, 0.05) is 6.54 Å². The maximum atomic E-state index is 11.3. The molecule has 3 N–H and O–H groups in total. The lowest BCUT2D eigenvalue weighted by Gasteiger charge is -2.05. The summed E-state index contributed by atoms with van der Waals surface area (Å²) in [5.41, 5.74) is 7.05. The zero-order valence-corrected chi connectivity index (χ0v) is 8.58. The molecule has 0 aliphatic rings. The maximum Gasteiger partial charge on any atom is 0.241 e. The third-order valence-corrected chi connectivity index (χ3v) is 2.01. The first-order chi connectivity index (χ1) is 6.65. The first kappa shape index (κ1) is 10.6. The number of nitrogen functional groups attached to an aromatic ring is 1. The Morgan fingerprint density at radius 1 is 1.71 bits per heavy atom. The molecule has 5 nitrogen and oxygen atoms in total. The second kappa shape index (κ2) is 4.64. The summed E-state index contributed by atoms with van der Waals surface area (Å²) in [5, 5.41) is 6.77. The molecule has 0 saturated heterocycles. The third kappa shape index (κ3) is 2.48. The number of hydrogen-bond donors (Lipinski definition) is 2. The molecule has 0 bridgehead atoms. The fourth-order valence-corrected chi connectivity index (χ4v) is 1.08. The number of amides is 1. The maximum absolute atomic E-state index is 11.3. The largest absolute Gasteiger partial charge is 0.396 e. The molecule has 5 heteroatoms. The molecule has 1 amide bonds. The molecule has 1 aromatic rings. The Morgan fingerprint density at radius 3 is 2.93 bits per heavy atom. The summed E-state index contributed by atoms with van der Waals surface area (Å²) in [6.45, 7) is 4.80. The number of nitrogens with two attached hydrogens (primary N) is 1. The van der Waals surface area contributed by atoms with E-state index in [9.17, 15) is 4.79 Å². The number of carbonyl (C=O) groups excluding carboxylic acids is 1. The van der Waals surface area contributed by atoms with Crippen molar-refractivity contribution in [2.75, 3.05) is 12.3 Å². The van der Waals surface area contributed by atoms with Crippen LogP contribution in [0.2, 0.25) is 0 Å². The van der Waals surface area contributed by atoms with Gasteiger partial charge < -0.3 is 11.1 Å². The molecule has 0 atom stereocenters. The smallest absolute Gasteiger partial charge is 0.241 e. The standard InChI is InChI=1S/C9H16N4O/c1-3-4-11-9(14)6-13-7(2)8(10)5-12-13/h5H,3-4,6,10H2,1-2H3,(H,11,14). The fraction of sp³-hybridized carbons (Fsp3) is 0.556. The van der Waals surface area contributed by atoms with Gasteiger partial charge in [-0.2, -0.15) is 5.10 Å². The molecule has 0 spiro atoms. The summed E-state index contributed by atoms with van der Waals surface area (Å²) < 4.78 is 1.60. The average molecular weight is 196 g/mol. The predicted octanol–water partition coefficient (Wildman–Crippen LogP) is 0.300. The van der Waals surface area contributed by atoms with Crippen LogP contribution >= 0.6 is 0 Å². The van der Waals surface area contributed by atoms with Gasteiger partial charge in [-0.05, 0) is 13.3 Å². The van der Waals surface area contributed by atoms with Gasteiger partial charge in [0.2, 0.25) is 5.91 Å². The molecule has 1 heterocycles. The lowest BCUT2D eigenvalue weighted by molar-refractivity contribution is -0.121. The van der Waals surface area contributed by atoms with Crippen LogP contribution in [0.3, 0.4) is 0 Å². The van der Waals surface area contributed by atoms with Crippen molar-refractivity contribution in [3.8, 4) is 0 Å². The van der Waals surface area contributed by atoms with Crippen molar-refractivity contribution >= 4 is 11.6 Å². The van der Waals surface area contributed by atoms with Gasteiger partial charge in [-0.15, -0.1) is 0 Å². The summed E-state index contributed by atoms with van der Waals surface area (Å²) in [4.78, 5) is 11.3. The van der Waals surface area contributed by atoms with Crippen LogP contribution < -0.4 is 11.1 Å². The molecule has 0 aliphatic carbocycles. The number of rotatable bonds is 4. The Balaban J connectivity index is 2.52.